The average molecular weight is 871 g/mol. The molecule has 1 amide bonds. The fraction of sp³-hybridized carbons (Fsp3) is 0.596. The lowest BCUT2D eigenvalue weighted by atomic mass is 9.85. The third-order valence-electron chi connectivity index (χ3n) is 10.2. The van der Waals surface area contributed by atoms with Crippen molar-refractivity contribution in [1.82, 2.24) is 4.90 Å². The van der Waals surface area contributed by atoms with Crippen LogP contribution in [0.4, 0.5) is 0 Å². The molecule has 4 atom stereocenters. The van der Waals surface area contributed by atoms with Crippen LogP contribution < -0.4 is 0 Å². The van der Waals surface area contributed by atoms with Gasteiger partial charge in [0.1, 0.15) is 11.6 Å². The molecule has 0 aromatic heterocycles. The van der Waals surface area contributed by atoms with Crippen LogP contribution in [0.15, 0.2) is 77.4 Å². The van der Waals surface area contributed by atoms with Crippen LogP contribution in [0.25, 0.3) is 12.2 Å². The summed E-state index contributed by atoms with van der Waals surface area (Å²) >= 11 is 0. The van der Waals surface area contributed by atoms with Crippen LogP contribution in [-0.4, -0.2) is 47.5 Å². The van der Waals surface area contributed by atoms with E-state index in [2.05, 4.69) is 121 Å². The topological polar surface area (TPSA) is 83.9 Å². The van der Waals surface area contributed by atoms with E-state index in [-0.39, 0.29) is 23.5 Å². The number of carbonyl (C=O) groups is 4. The van der Waals surface area contributed by atoms with Gasteiger partial charge in [-0.1, -0.05) is 188 Å². The van der Waals surface area contributed by atoms with Gasteiger partial charge in [0.05, 0.1) is 6.04 Å². The lowest BCUT2D eigenvalue weighted by molar-refractivity contribution is -0.135. The van der Waals surface area contributed by atoms with E-state index in [0.29, 0.717) is 30.0 Å². The van der Waals surface area contributed by atoms with Crippen molar-refractivity contribution >= 4 is 42.1 Å². The smallest absolute Gasteiger partial charge is 0.220 e. The maximum atomic E-state index is 11.3. The van der Waals surface area contributed by atoms with Crippen LogP contribution in [0.3, 0.4) is 0 Å². The molecule has 1 heterocycles. The zero-order chi connectivity index (χ0) is 48.8. The third kappa shape index (κ3) is 33.1. The Morgan fingerprint density at radius 1 is 0.746 bits per heavy atom. The SMILES string of the molecule is C1CC1.C=N/C(=C\C=C/C)CC(C)=O.CC.CC.CC(=O)C1CCCC(C)CC1C.CC(=O)C1CCCN1C(C)=O.CCC.CCc1ccc(/C=C/c2ccc(C(C)C)cc2)cc1. The van der Waals surface area contributed by atoms with Gasteiger partial charge in [0.2, 0.25) is 5.91 Å². The minimum absolute atomic E-state index is 0.0164. The summed E-state index contributed by atoms with van der Waals surface area (Å²) in [6.45, 7) is 35.8. The monoisotopic (exact) mass is 871 g/mol. The molecular formula is C57H94N2O4. The number of rotatable bonds is 10. The molecule has 1 aliphatic heterocycles. The number of allylic oxidation sites excluding steroid dienone is 4. The van der Waals surface area contributed by atoms with Gasteiger partial charge >= 0.3 is 0 Å². The van der Waals surface area contributed by atoms with Crippen molar-refractivity contribution in [3.05, 3.63) is 94.7 Å². The number of aliphatic imine (C=N–C) groups is 1. The first-order valence-electron chi connectivity index (χ1n) is 24.5. The van der Waals surface area contributed by atoms with E-state index >= 15 is 0 Å². The Bertz CT molecular complexity index is 1560. The molecule has 4 unspecified atom stereocenters. The van der Waals surface area contributed by atoms with E-state index < -0.39 is 0 Å². The summed E-state index contributed by atoms with van der Waals surface area (Å²) in [6, 6.07) is 17.4. The molecule has 2 aliphatic carbocycles. The second-order valence-electron chi connectivity index (χ2n) is 16.7. The molecular weight excluding hydrogens is 777 g/mol. The standard InChI is InChI=1S/C19H22.C11H20O.C9H13NO.C8H13NO2.C3H6.C3H8.2C2H6/c1-4-16-5-7-17(8-6-16)9-10-18-11-13-19(14-12-18)15(2)3;1-8-5-4-6-11(10(3)12)9(2)7-8;1-4-5-6-9(10-3)7-8(2)11;1-6(10)8-4-3-5-9(8)7(2)11;1-2-3-1;1-3-2;2*1-2/h5-15H,4H2,1-3H3;8-9,11H,4-7H2,1-3H3;4-6H,3,7H2,1-2H3;8H,3-5H2,1-2H3;1-3H2;3H2,1-2H3;2*1-2H3/b10-9+;;5-4-,9-6-;;;;;. The number of Topliss-reactive ketones (excluding diaryl/α,β-unsaturated/α-hetero) is 3. The Kier molecular flexibility index (Phi) is 40.6. The first-order valence-corrected chi connectivity index (χ1v) is 24.5. The number of hydrogen-bond donors (Lipinski definition) is 0. The second kappa shape index (κ2) is 40.6. The van der Waals surface area contributed by atoms with E-state index in [9.17, 15) is 19.2 Å². The Labute approximate surface area is 388 Å². The molecule has 0 bridgehead atoms. The first-order chi connectivity index (χ1) is 30.0. The van der Waals surface area contributed by atoms with Crippen molar-refractivity contribution in [2.24, 2.45) is 22.7 Å². The first kappa shape index (κ1) is 63.1. The van der Waals surface area contributed by atoms with Gasteiger partial charge in [0.15, 0.2) is 5.78 Å². The summed E-state index contributed by atoms with van der Waals surface area (Å²) in [5, 5.41) is 0. The van der Waals surface area contributed by atoms with Crippen molar-refractivity contribution in [3.8, 4) is 0 Å². The number of hydrogen-bond acceptors (Lipinski definition) is 5. The highest BCUT2D eigenvalue weighted by molar-refractivity contribution is 5.87. The van der Waals surface area contributed by atoms with E-state index in [0.717, 1.165) is 43.8 Å². The van der Waals surface area contributed by atoms with Gasteiger partial charge in [-0.15, -0.1) is 0 Å². The van der Waals surface area contributed by atoms with Gasteiger partial charge in [-0.25, -0.2) is 0 Å². The fourth-order valence-electron chi connectivity index (χ4n) is 6.74. The highest BCUT2D eigenvalue weighted by atomic mass is 16.2. The van der Waals surface area contributed by atoms with Crippen molar-refractivity contribution in [1.29, 1.82) is 0 Å². The van der Waals surface area contributed by atoms with E-state index in [4.69, 9.17) is 0 Å². The molecule has 0 spiro atoms. The lowest BCUT2D eigenvalue weighted by Gasteiger charge is -2.20. The molecule has 1 saturated heterocycles. The Morgan fingerprint density at radius 2 is 1.25 bits per heavy atom. The predicted octanol–water partition coefficient (Wildman–Crippen LogP) is 15.9. The molecule has 5 rings (SSSR count). The summed E-state index contributed by atoms with van der Waals surface area (Å²) in [6.07, 6.45) is 23.8. The summed E-state index contributed by atoms with van der Waals surface area (Å²) < 4.78 is 0. The van der Waals surface area contributed by atoms with Gasteiger partial charge in [-0.05, 0) is 113 Å². The lowest BCUT2D eigenvalue weighted by Crippen LogP contribution is -2.37. The van der Waals surface area contributed by atoms with Crippen molar-refractivity contribution < 1.29 is 19.2 Å². The predicted molar refractivity (Wildman–Crippen MR) is 278 cm³/mol. The molecule has 356 valence electrons. The van der Waals surface area contributed by atoms with Crippen molar-refractivity contribution in [3.63, 3.8) is 0 Å². The number of nitrogens with zero attached hydrogens (tertiary/aromatic N) is 2. The Hall–Kier alpha value is -4.19. The molecule has 2 aromatic carbocycles. The van der Waals surface area contributed by atoms with Gasteiger partial charge in [0.25, 0.3) is 0 Å². The van der Waals surface area contributed by atoms with Crippen LogP contribution in [0.5, 0.6) is 0 Å². The minimum atomic E-state index is -0.132. The summed E-state index contributed by atoms with van der Waals surface area (Å²) in [5.74, 6) is 3.02. The Morgan fingerprint density at radius 3 is 1.62 bits per heavy atom. The summed E-state index contributed by atoms with van der Waals surface area (Å²) in [4.78, 5) is 49.2. The molecule has 0 N–H and O–H groups in total. The van der Waals surface area contributed by atoms with Crippen molar-refractivity contribution in [2.45, 2.75) is 200 Å². The average Bonchev–Trinajstić information content (AvgIpc) is 4.10. The van der Waals surface area contributed by atoms with Gasteiger partial charge in [0, 0.05) is 31.5 Å². The van der Waals surface area contributed by atoms with Crippen LogP contribution in [0.1, 0.15) is 210 Å². The summed E-state index contributed by atoms with van der Waals surface area (Å²) in [5.41, 5.74) is 6.01. The molecule has 6 heteroatoms. The molecule has 3 fully saturated rings. The third-order valence-corrected chi connectivity index (χ3v) is 10.2. The largest absolute Gasteiger partial charge is 0.333 e. The van der Waals surface area contributed by atoms with Crippen LogP contribution in [0, 0.1) is 17.8 Å². The van der Waals surface area contributed by atoms with Crippen LogP contribution in [0.2, 0.25) is 0 Å². The molecule has 6 nitrogen and oxygen atoms in total. The highest BCUT2D eigenvalue weighted by Crippen LogP contribution is 2.32. The molecule has 63 heavy (non-hydrogen) atoms. The van der Waals surface area contributed by atoms with Gasteiger partial charge in [-0.3, -0.25) is 24.2 Å². The maximum Gasteiger partial charge on any atom is 0.220 e. The van der Waals surface area contributed by atoms with Crippen LogP contribution >= 0.6 is 0 Å². The van der Waals surface area contributed by atoms with Gasteiger partial charge in [-0.2, -0.15) is 0 Å². The summed E-state index contributed by atoms with van der Waals surface area (Å²) in [7, 11) is 0. The zero-order valence-electron chi connectivity index (χ0n) is 43.3. The quantitative estimate of drug-likeness (QED) is 0.103. The Balaban J connectivity index is -0.000000726. The number of aryl methyl sites for hydroxylation is 1. The normalized spacial score (nSPS) is 18.4. The van der Waals surface area contributed by atoms with E-state index in [1.165, 1.54) is 81.0 Å². The maximum absolute atomic E-state index is 11.3. The number of ketones is 3. The number of likely N-dealkylation sites (tertiary alicyclic amines) is 1. The van der Waals surface area contributed by atoms with Gasteiger partial charge < -0.3 is 4.90 Å². The minimum Gasteiger partial charge on any atom is -0.333 e. The number of amides is 1. The fourth-order valence-corrected chi connectivity index (χ4v) is 6.74. The second-order valence-corrected chi connectivity index (χ2v) is 16.7. The number of benzene rings is 2. The highest BCUT2D eigenvalue weighted by Gasteiger charge is 2.29. The zero-order valence-corrected chi connectivity index (χ0v) is 43.3. The molecule has 3 aliphatic rings. The molecule has 0 radical (unpaired) electrons. The van der Waals surface area contributed by atoms with E-state index in [1.54, 1.807) is 24.8 Å². The van der Waals surface area contributed by atoms with E-state index in [1.807, 2.05) is 46.8 Å². The van der Waals surface area contributed by atoms with Crippen molar-refractivity contribution in [2.75, 3.05) is 6.54 Å². The van der Waals surface area contributed by atoms with Crippen LogP contribution in [-0.2, 0) is 25.6 Å². The molecule has 2 saturated carbocycles. The number of carbonyl (C=O) groups excluding carboxylic acids is 4. The molecule has 2 aromatic rings.